The van der Waals surface area contributed by atoms with E-state index < -0.39 is 0 Å². The molecule has 1 N–H and O–H groups in total. The van der Waals surface area contributed by atoms with Gasteiger partial charge in [-0.25, -0.2) is 0 Å². The fraction of sp³-hybridized carbons (Fsp3) is 0.429. The Kier molecular flexibility index (Phi) is 6.54. The van der Waals surface area contributed by atoms with Crippen LogP contribution in [0, 0.1) is 0 Å². The number of amides is 1. The first-order valence-corrected chi connectivity index (χ1v) is 6.18. The number of esters is 1. The van der Waals surface area contributed by atoms with Crippen LogP contribution >= 0.6 is 0 Å². The highest BCUT2D eigenvalue weighted by molar-refractivity contribution is 5.77. The summed E-state index contributed by atoms with van der Waals surface area (Å²) in [6, 6.07) is 9.84. The van der Waals surface area contributed by atoms with Gasteiger partial charge in [0.15, 0.2) is 0 Å². The van der Waals surface area contributed by atoms with Crippen LogP contribution in [0.25, 0.3) is 0 Å². The van der Waals surface area contributed by atoms with Crippen molar-refractivity contribution in [1.29, 1.82) is 0 Å². The lowest BCUT2D eigenvalue weighted by Crippen LogP contribution is -2.26. The van der Waals surface area contributed by atoms with Gasteiger partial charge in [0.05, 0.1) is 13.0 Å². The molecule has 0 radical (unpaired) electrons. The maximum atomic E-state index is 11.5. The highest BCUT2D eigenvalue weighted by Gasteiger charge is 2.04. The van der Waals surface area contributed by atoms with Crippen LogP contribution in [-0.4, -0.2) is 25.0 Å². The minimum atomic E-state index is -0.277. The van der Waals surface area contributed by atoms with Crippen molar-refractivity contribution in [3.8, 4) is 0 Å². The Balaban J connectivity index is 2.13. The molecule has 0 heterocycles. The van der Waals surface area contributed by atoms with Crippen molar-refractivity contribution in [2.24, 2.45) is 0 Å². The molecule has 0 bridgehead atoms. The molecule has 1 aromatic rings. The van der Waals surface area contributed by atoms with Gasteiger partial charge >= 0.3 is 5.97 Å². The van der Waals surface area contributed by atoms with Crippen molar-refractivity contribution in [3.63, 3.8) is 0 Å². The number of nitrogens with one attached hydrogen (secondary N) is 1. The molecule has 0 aliphatic heterocycles. The minimum Gasteiger partial charge on any atom is -0.466 e. The Morgan fingerprint density at radius 3 is 2.56 bits per heavy atom. The quantitative estimate of drug-likeness (QED) is 0.748. The highest BCUT2D eigenvalue weighted by Crippen LogP contribution is 2.01. The fourth-order valence-corrected chi connectivity index (χ4v) is 1.53. The number of rotatable bonds is 7. The van der Waals surface area contributed by atoms with Crippen molar-refractivity contribution in [3.05, 3.63) is 35.9 Å². The van der Waals surface area contributed by atoms with Gasteiger partial charge in [0, 0.05) is 13.0 Å². The molecule has 0 aliphatic rings. The molecule has 1 amide bonds. The summed E-state index contributed by atoms with van der Waals surface area (Å²) in [6.45, 7) is 2.48. The van der Waals surface area contributed by atoms with Gasteiger partial charge < -0.3 is 10.1 Å². The maximum absolute atomic E-state index is 11.5. The van der Waals surface area contributed by atoms with Gasteiger partial charge in [-0.1, -0.05) is 30.3 Å². The molecule has 1 rings (SSSR count). The predicted octanol–water partition coefficient (Wildman–Crippen LogP) is 1.69. The molecule has 18 heavy (non-hydrogen) atoms. The van der Waals surface area contributed by atoms with Gasteiger partial charge in [-0.05, 0) is 18.9 Å². The molecule has 4 heteroatoms. The van der Waals surface area contributed by atoms with Crippen LogP contribution in [0.15, 0.2) is 30.3 Å². The zero-order valence-electron chi connectivity index (χ0n) is 10.6. The Bertz CT molecular complexity index is 376. The van der Waals surface area contributed by atoms with Crippen molar-refractivity contribution in [1.82, 2.24) is 5.32 Å². The minimum absolute atomic E-state index is 0.0387. The zero-order valence-corrected chi connectivity index (χ0v) is 10.6. The summed E-state index contributed by atoms with van der Waals surface area (Å²) >= 11 is 0. The third kappa shape index (κ3) is 6.03. The summed E-state index contributed by atoms with van der Waals surface area (Å²) in [5.41, 5.74) is 1.14. The van der Waals surface area contributed by atoms with Gasteiger partial charge in [-0.15, -0.1) is 0 Å². The number of hydrogen-bond acceptors (Lipinski definition) is 3. The summed E-state index contributed by atoms with van der Waals surface area (Å²) < 4.78 is 4.76. The number of hydrogen-bond donors (Lipinski definition) is 1. The lowest BCUT2D eigenvalue weighted by Gasteiger charge is -2.05. The molecule has 0 atom stereocenters. The highest BCUT2D eigenvalue weighted by atomic mass is 16.5. The maximum Gasteiger partial charge on any atom is 0.307 e. The van der Waals surface area contributed by atoms with Gasteiger partial charge in [-0.3, -0.25) is 9.59 Å². The molecule has 98 valence electrons. The number of ether oxygens (including phenoxy) is 1. The van der Waals surface area contributed by atoms with Crippen molar-refractivity contribution in [2.45, 2.75) is 26.2 Å². The van der Waals surface area contributed by atoms with Crippen LogP contribution in [0.5, 0.6) is 0 Å². The van der Waals surface area contributed by atoms with E-state index >= 15 is 0 Å². The molecule has 0 fully saturated rings. The standard InChI is InChI=1S/C14H19NO3/c1-2-18-14(17)10-11-15-13(16)9-8-12-6-4-3-5-7-12/h3-7H,2,8-11H2,1H3,(H,15,16). The summed E-state index contributed by atoms with van der Waals surface area (Å²) in [5.74, 6) is -0.316. The average molecular weight is 249 g/mol. The fourth-order valence-electron chi connectivity index (χ4n) is 1.53. The monoisotopic (exact) mass is 249 g/mol. The van der Waals surface area contributed by atoms with Crippen molar-refractivity contribution < 1.29 is 14.3 Å². The second-order valence-corrected chi connectivity index (χ2v) is 3.89. The molecule has 0 saturated heterocycles. The summed E-state index contributed by atoms with van der Waals surface area (Å²) in [4.78, 5) is 22.5. The van der Waals surface area contributed by atoms with Crippen LogP contribution in [-0.2, 0) is 20.7 Å². The number of aryl methyl sites for hydroxylation is 1. The van der Waals surface area contributed by atoms with E-state index in [2.05, 4.69) is 5.32 Å². The molecule has 0 saturated carbocycles. The Hall–Kier alpha value is -1.84. The molecule has 0 unspecified atom stereocenters. The normalized spacial score (nSPS) is 9.83. The van der Waals surface area contributed by atoms with E-state index in [1.165, 1.54) is 0 Å². The summed E-state index contributed by atoms with van der Waals surface area (Å²) in [5, 5.41) is 2.70. The van der Waals surface area contributed by atoms with Gasteiger partial charge in [0.2, 0.25) is 5.91 Å². The van der Waals surface area contributed by atoms with E-state index in [0.717, 1.165) is 5.56 Å². The van der Waals surface area contributed by atoms with Gasteiger partial charge in [0.1, 0.15) is 0 Å². The van der Waals surface area contributed by atoms with Crippen LogP contribution in [0.3, 0.4) is 0 Å². The summed E-state index contributed by atoms with van der Waals surface area (Å²) in [7, 11) is 0. The van der Waals surface area contributed by atoms with Crippen LogP contribution in [0.4, 0.5) is 0 Å². The molecule has 0 aliphatic carbocycles. The number of carbonyl (C=O) groups is 2. The van der Waals surface area contributed by atoms with E-state index in [1.807, 2.05) is 30.3 Å². The van der Waals surface area contributed by atoms with Gasteiger partial charge in [-0.2, -0.15) is 0 Å². The first-order chi connectivity index (χ1) is 8.72. The van der Waals surface area contributed by atoms with E-state index in [0.29, 0.717) is 26.0 Å². The zero-order chi connectivity index (χ0) is 13.2. The summed E-state index contributed by atoms with van der Waals surface area (Å²) in [6.07, 6.45) is 1.38. The molecule has 0 spiro atoms. The van der Waals surface area contributed by atoms with Crippen molar-refractivity contribution >= 4 is 11.9 Å². The number of carbonyl (C=O) groups excluding carboxylic acids is 2. The molecular weight excluding hydrogens is 230 g/mol. The van der Waals surface area contributed by atoms with Crippen molar-refractivity contribution in [2.75, 3.05) is 13.2 Å². The third-order valence-corrected chi connectivity index (χ3v) is 2.44. The van der Waals surface area contributed by atoms with E-state index in [4.69, 9.17) is 4.74 Å². The smallest absolute Gasteiger partial charge is 0.307 e. The van der Waals surface area contributed by atoms with Gasteiger partial charge in [0.25, 0.3) is 0 Å². The second kappa shape index (κ2) is 8.28. The predicted molar refractivity (Wildman–Crippen MR) is 69.0 cm³/mol. The van der Waals surface area contributed by atoms with E-state index in [1.54, 1.807) is 6.92 Å². The molecule has 4 nitrogen and oxygen atoms in total. The lowest BCUT2D eigenvalue weighted by atomic mass is 10.1. The SMILES string of the molecule is CCOC(=O)CCNC(=O)CCc1ccccc1. The average Bonchev–Trinajstić information content (AvgIpc) is 2.38. The number of benzene rings is 1. The van der Waals surface area contributed by atoms with E-state index in [-0.39, 0.29) is 18.3 Å². The molecule has 1 aromatic carbocycles. The van der Waals surface area contributed by atoms with Crippen LogP contribution in [0.2, 0.25) is 0 Å². The van der Waals surface area contributed by atoms with E-state index in [9.17, 15) is 9.59 Å². The Labute approximate surface area is 107 Å². The topological polar surface area (TPSA) is 55.4 Å². The lowest BCUT2D eigenvalue weighted by molar-refractivity contribution is -0.143. The first-order valence-electron chi connectivity index (χ1n) is 6.18. The Morgan fingerprint density at radius 1 is 1.17 bits per heavy atom. The van der Waals surface area contributed by atoms with Crippen LogP contribution in [0.1, 0.15) is 25.3 Å². The largest absolute Gasteiger partial charge is 0.466 e. The second-order valence-electron chi connectivity index (χ2n) is 3.89. The molecule has 0 aromatic heterocycles. The third-order valence-electron chi connectivity index (χ3n) is 2.44. The van der Waals surface area contributed by atoms with Crippen LogP contribution < -0.4 is 5.32 Å². The molecular formula is C14H19NO3. The first kappa shape index (κ1) is 14.2. The Morgan fingerprint density at radius 2 is 1.89 bits per heavy atom.